The normalized spacial score (nSPS) is 17.7. The molecule has 1 heterocycles. The number of aliphatic carboxylic acids is 1. The highest BCUT2D eigenvalue weighted by Crippen LogP contribution is 2.34. The molecule has 2 aromatic carbocycles. The minimum atomic E-state index is -0.838. The smallest absolute Gasteiger partial charge is 0.321 e. The van der Waals surface area contributed by atoms with E-state index < -0.39 is 11.9 Å². The summed E-state index contributed by atoms with van der Waals surface area (Å²) in [5.74, 6) is -1.30. The average molecular weight is 370 g/mol. The molecule has 2 amide bonds. The number of rotatable bonds is 5. The molecule has 26 heavy (non-hydrogen) atoms. The number of nitrogens with zero attached hydrogens (tertiary/aromatic N) is 1. The van der Waals surface area contributed by atoms with E-state index in [4.69, 9.17) is 5.11 Å². The summed E-state index contributed by atoms with van der Waals surface area (Å²) < 4.78 is 0. The second-order valence-electron chi connectivity index (χ2n) is 6.40. The summed E-state index contributed by atoms with van der Waals surface area (Å²) in [4.78, 5) is 26.0. The number of benzene rings is 2. The van der Waals surface area contributed by atoms with Gasteiger partial charge >= 0.3 is 12.0 Å². The summed E-state index contributed by atoms with van der Waals surface area (Å²) in [5.41, 5.74) is 1.90. The summed E-state index contributed by atoms with van der Waals surface area (Å²) in [7, 11) is 0. The molecule has 2 N–H and O–H groups in total. The topological polar surface area (TPSA) is 69.6 Å². The monoisotopic (exact) mass is 370 g/mol. The van der Waals surface area contributed by atoms with Gasteiger partial charge in [-0.1, -0.05) is 30.3 Å². The molecule has 1 fully saturated rings. The molecule has 2 aromatic rings. The van der Waals surface area contributed by atoms with Crippen molar-refractivity contribution in [3.8, 4) is 0 Å². The molecule has 0 aromatic heterocycles. The van der Waals surface area contributed by atoms with E-state index in [9.17, 15) is 9.59 Å². The van der Waals surface area contributed by atoms with Gasteiger partial charge in [0.2, 0.25) is 0 Å². The van der Waals surface area contributed by atoms with Gasteiger partial charge in [0, 0.05) is 28.9 Å². The molecule has 0 bridgehead atoms. The maximum atomic E-state index is 12.3. The minimum absolute atomic E-state index is 0.242. The second kappa shape index (κ2) is 8.27. The predicted molar refractivity (Wildman–Crippen MR) is 103 cm³/mol. The fraction of sp³-hybridized carbons (Fsp3) is 0.300. The Balaban J connectivity index is 1.56. The van der Waals surface area contributed by atoms with Crippen molar-refractivity contribution >= 4 is 29.4 Å². The summed E-state index contributed by atoms with van der Waals surface area (Å²) in [6.45, 7) is 2.90. The van der Waals surface area contributed by atoms with Crippen molar-refractivity contribution in [3.63, 3.8) is 0 Å². The SMILES string of the molecule is CC(Sc1ccccc1)c1ccc(NC(=O)N2CCC(C(=O)O)C2)cc1. The molecule has 0 spiro atoms. The van der Waals surface area contributed by atoms with E-state index in [1.54, 1.807) is 16.7 Å². The van der Waals surface area contributed by atoms with Crippen molar-refractivity contribution in [2.24, 2.45) is 5.92 Å². The molecule has 1 aliphatic heterocycles. The van der Waals surface area contributed by atoms with Crippen LogP contribution in [0.15, 0.2) is 59.5 Å². The number of carbonyl (C=O) groups excluding carboxylic acids is 1. The molecule has 3 rings (SSSR count). The summed E-state index contributed by atoms with van der Waals surface area (Å²) in [6.07, 6.45) is 0.510. The van der Waals surface area contributed by atoms with Crippen LogP contribution >= 0.6 is 11.8 Å². The lowest BCUT2D eigenvalue weighted by Crippen LogP contribution is -2.33. The molecule has 136 valence electrons. The van der Waals surface area contributed by atoms with Gasteiger partial charge in [0.15, 0.2) is 0 Å². The third-order valence-corrected chi connectivity index (χ3v) is 5.68. The number of hydrogen-bond acceptors (Lipinski definition) is 3. The highest BCUT2D eigenvalue weighted by atomic mass is 32.2. The summed E-state index contributed by atoms with van der Waals surface area (Å²) in [6, 6.07) is 17.8. The number of urea groups is 1. The van der Waals surface area contributed by atoms with E-state index in [2.05, 4.69) is 24.4 Å². The van der Waals surface area contributed by atoms with Gasteiger partial charge in [0.25, 0.3) is 0 Å². The van der Waals surface area contributed by atoms with Crippen LogP contribution in [0.25, 0.3) is 0 Å². The summed E-state index contributed by atoms with van der Waals surface area (Å²) >= 11 is 1.79. The molecule has 0 saturated carbocycles. The molecule has 2 unspecified atom stereocenters. The Hall–Kier alpha value is -2.47. The van der Waals surface area contributed by atoms with E-state index in [1.165, 1.54) is 10.5 Å². The lowest BCUT2D eigenvalue weighted by Gasteiger charge is -2.17. The van der Waals surface area contributed by atoms with Gasteiger partial charge in [-0.3, -0.25) is 4.79 Å². The van der Waals surface area contributed by atoms with E-state index >= 15 is 0 Å². The number of carboxylic acids is 1. The second-order valence-corrected chi connectivity index (χ2v) is 7.81. The number of hydrogen-bond donors (Lipinski definition) is 2. The van der Waals surface area contributed by atoms with Gasteiger partial charge in [0.05, 0.1) is 5.92 Å². The Labute approximate surface area is 157 Å². The standard InChI is InChI=1S/C20H22N2O3S/c1-14(26-18-5-3-2-4-6-18)15-7-9-17(10-8-15)21-20(25)22-12-11-16(13-22)19(23)24/h2-10,14,16H,11-13H2,1H3,(H,21,25)(H,23,24). The zero-order valence-electron chi connectivity index (χ0n) is 14.6. The third kappa shape index (κ3) is 4.58. The lowest BCUT2D eigenvalue weighted by molar-refractivity contribution is -0.141. The first-order valence-corrected chi connectivity index (χ1v) is 9.51. The highest BCUT2D eigenvalue weighted by Gasteiger charge is 2.30. The fourth-order valence-electron chi connectivity index (χ4n) is 2.96. The largest absolute Gasteiger partial charge is 0.481 e. The molecule has 0 aliphatic carbocycles. The van der Waals surface area contributed by atoms with E-state index in [0.29, 0.717) is 18.2 Å². The van der Waals surface area contributed by atoms with Gasteiger partial charge in [-0.15, -0.1) is 11.8 Å². The van der Waals surface area contributed by atoms with Crippen molar-refractivity contribution < 1.29 is 14.7 Å². The van der Waals surface area contributed by atoms with E-state index in [0.717, 1.165) is 5.69 Å². The maximum absolute atomic E-state index is 12.3. The van der Waals surface area contributed by atoms with Crippen LogP contribution in [0, 0.1) is 5.92 Å². The molecular weight excluding hydrogens is 348 g/mol. The lowest BCUT2D eigenvalue weighted by atomic mass is 10.1. The first-order chi connectivity index (χ1) is 12.5. The number of anilines is 1. The minimum Gasteiger partial charge on any atom is -0.481 e. The van der Waals surface area contributed by atoms with Gasteiger partial charge < -0.3 is 15.3 Å². The molecule has 5 nitrogen and oxygen atoms in total. The Bertz CT molecular complexity index is 764. The number of carbonyl (C=O) groups is 2. The first kappa shape index (κ1) is 18.3. The molecule has 6 heteroatoms. The maximum Gasteiger partial charge on any atom is 0.321 e. The highest BCUT2D eigenvalue weighted by molar-refractivity contribution is 7.99. The Morgan fingerprint density at radius 3 is 2.46 bits per heavy atom. The van der Waals surface area contributed by atoms with Crippen LogP contribution in [0.3, 0.4) is 0 Å². The van der Waals surface area contributed by atoms with Gasteiger partial charge in [-0.2, -0.15) is 0 Å². The van der Waals surface area contributed by atoms with Crippen molar-refractivity contribution in [1.82, 2.24) is 4.90 Å². The van der Waals surface area contributed by atoms with Gasteiger partial charge in [-0.05, 0) is 43.2 Å². The van der Waals surface area contributed by atoms with Gasteiger partial charge in [-0.25, -0.2) is 4.79 Å². The number of carboxylic acid groups (broad SMARTS) is 1. The van der Waals surface area contributed by atoms with Crippen LogP contribution in [0.5, 0.6) is 0 Å². The molecule has 0 radical (unpaired) electrons. The van der Waals surface area contributed by atoms with Crippen molar-refractivity contribution in [2.45, 2.75) is 23.5 Å². The van der Waals surface area contributed by atoms with E-state index in [1.807, 2.05) is 42.5 Å². The van der Waals surface area contributed by atoms with Crippen LogP contribution < -0.4 is 5.32 Å². The molecule has 1 saturated heterocycles. The molecular formula is C20H22N2O3S. The van der Waals surface area contributed by atoms with Crippen LogP contribution in [0.4, 0.5) is 10.5 Å². The van der Waals surface area contributed by atoms with Crippen molar-refractivity contribution in [2.75, 3.05) is 18.4 Å². The van der Waals surface area contributed by atoms with Crippen LogP contribution in [-0.4, -0.2) is 35.1 Å². The van der Waals surface area contributed by atoms with Crippen LogP contribution in [0.1, 0.15) is 24.2 Å². The van der Waals surface area contributed by atoms with E-state index in [-0.39, 0.29) is 12.6 Å². The van der Waals surface area contributed by atoms with Crippen molar-refractivity contribution in [1.29, 1.82) is 0 Å². The number of nitrogens with one attached hydrogen (secondary N) is 1. The zero-order valence-corrected chi connectivity index (χ0v) is 15.4. The predicted octanol–water partition coefficient (Wildman–Crippen LogP) is 4.48. The zero-order chi connectivity index (χ0) is 18.5. The molecule has 1 aliphatic rings. The first-order valence-electron chi connectivity index (χ1n) is 8.63. The third-order valence-electron chi connectivity index (χ3n) is 4.51. The number of amides is 2. The quantitative estimate of drug-likeness (QED) is 0.762. The fourth-order valence-corrected chi connectivity index (χ4v) is 3.97. The Morgan fingerprint density at radius 2 is 1.85 bits per heavy atom. The van der Waals surface area contributed by atoms with Crippen LogP contribution in [0.2, 0.25) is 0 Å². The Morgan fingerprint density at radius 1 is 1.15 bits per heavy atom. The van der Waals surface area contributed by atoms with Gasteiger partial charge in [0.1, 0.15) is 0 Å². The average Bonchev–Trinajstić information content (AvgIpc) is 3.14. The number of thioether (sulfide) groups is 1. The summed E-state index contributed by atoms with van der Waals surface area (Å²) in [5, 5.41) is 12.2. The van der Waals surface area contributed by atoms with Crippen molar-refractivity contribution in [3.05, 3.63) is 60.2 Å². The Kier molecular flexibility index (Phi) is 5.83. The molecule has 2 atom stereocenters. The number of likely N-dealkylation sites (tertiary alicyclic amines) is 1. The van der Waals surface area contributed by atoms with Crippen LogP contribution in [-0.2, 0) is 4.79 Å².